The minimum Gasteiger partial charge on any atom is -0.456 e. The summed E-state index contributed by atoms with van der Waals surface area (Å²) in [5.41, 5.74) is 2.99. The van der Waals surface area contributed by atoms with Crippen molar-refractivity contribution in [1.29, 1.82) is 0 Å². The van der Waals surface area contributed by atoms with E-state index in [1.807, 2.05) is 24.3 Å². The normalized spacial score (nSPS) is 20.2. The number of aliphatic hydroxyl groups is 1. The highest BCUT2D eigenvalue weighted by Gasteiger charge is 2.63. The third kappa shape index (κ3) is 9.33. The van der Waals surface area contributed by atoms with E-state index in [0.29, 0.717) is 5.56 Å². The molecule has 0 unspecified atom stereocenters. The van der Waals surface area contributed by atoms with Crippen LogP contribution in [0.1, 0.15) is 77.7 Å². The van der Waals surface area contributed by atoms with Crippen molar-refractivity contribution in [3.8, 4) is 0 Å². The Morgan fingerprint density at radius 1 is 0.600 bits per heavy atom. The number of hydrogen-bond donors (Lipinski definition) is 1. The number of rotatable bonds is 13. The summed E-state index contributed by atoms with van der Waals surface area (Å²) in [6.45, 7) is 3.55. The van der Waals surface area contributed by atoms with Gasteiger partial charge in [-0.05, 0) is 91.1 Å². The topological polar surface area (TPSA) is 148 Å². The lowest BCUT2D eigenvalue weighted by atomic mass is 9.85. The molecule has 0 bridgehead atoms. The summed E-state index contributed by atoms with van der Waals surface area (Å²) in [5, 5.41) is 13.3. The Morgan fingerprint density at radius 2 is 1.05 bits per heavy atom. The van der Waals surface area contributed by atoms with Gasteiger partial charge in [-0.1, -0.05) is 110 Å². The molecule has 1 fully saturated rings. The number of benzene rings is 5. The van der Waals surface area contributed by atoms with Crippen molar-refractivity contribution in [3.63, 3.8) is 0 Å². The van der Waals surface area contributed by atoms with Crippen molar-refractivity contribution in [3.05, 3.63) is 209 Å². The largest absolute Gasteiger partial charge is 0.456 e. The lowest BCUT2D eigenvalue weighted by molar-refractivity contribution is -0.362. The average molecular weight is 806 g/mol. The Bertz CT molecular complexity index is 2390. The highest BCUT2D eigenvalue weighted by atomic mass is 16.7. The van der Waals surface area contributed by atoms with Gasteiger partial charge in [0.25, 0.3) is 5.79 Å². The first kappa shape index (κ1) is 41.2. The first-order valence-electron chi connectivity index (χ1n) is 19.6. The molecular formula is C49H43NO10. The van der Waals surface area contributed by atoms with E-state index >= 15 is 0 Å². The fourth-order valence-corrected chi connectivity index (χ4v) is 7.07. The number of nitrogens with zero attached hydrogens (tertiary/aromatic N) is 1. The first-order chi connectivity index (χ1) is 29.1. The van der Waals surface area contributed by atoms with Crippen LogP contribution in [0.2, 0.25) is 0 Å². The average Bonchev–Trinajstić information content (AvgIpc) is 3.29. The Kier molecular flexibility index (Phi) is 12.9. The van der Waals surface area contributed by atoms with E-state index in [0.717, 1.165) is 17.5 Å². The minimum atomic E-state index is -2.72. The summed E-state index contributed by atoms with van der Waals surface area (Å²) in [6.07, 6.45) is -5.71. The molecule has 1 saturated heterocycles. The lowest BCUT2D eigenvalue weighted by Crippen LogP contribution is -2.68. The Labute approximate surface area is 347 Å². The summed E-state index contributed by atoms with van der Waals surface area (Å²) < 4.78 is 31.2. The molecule has 5 aromatic carbocycles. The smallest absolute Gasteiger partial charge is 0.338 e. The van der Waals surface area contributed by atoms with Gasteiger partial charge in [-0.2, -0.15) is 0 Å². The molecule has 0 aliphatic carbocycles. The van der Waals surface area contributed by atoms with Gasteiger partial charge >= 0.3 is 23.9 Å². The molecule has 11 nitrogen and oxygen atoms in total. The van der Waals surface area contributed by atoms with Crippen molar-refractivity contribution in [2.75, 3.05) is 0 Å². The Balaban J connectivity index is 1.40. The maximum Gasteiger partial charge on any atom is 0.338 e. The number of hydrogen-bond acceptors (Lipinski definition) is 11. The van der Waals surface area contributed by atoms with E-state index in [9.17, 15) is 24.3 Å². The second kappa shape index (κ2) is 18.8. The van der Waals surface area contributed by atoms with Crippen LogP contribution in [-0.4, -0.2) is 64.5 Å². The summed E-state index contributed by atoms with van der Waals surface area (Å²) >= 11 is 0. The monoisotopic (exact) mass is 805 g/mol. The van der Waals surface area contributed by atoms with Gasteiger partial charge in [0.2, 0.25) is 6.10 Å². The van der Waals surface area contributed by atoms with Crippen LogP contribution in [0.15, 0.2) is 164 Å². The molecule has 7 rings (SSSR count). The maximum absolute atomic E-state index is 14.1. The number of carbonyl (C=O) groups is 4. The Hall–Kier alpha value is -6.95. The highest BCUT2D eigenvalue weighted by Crippen LogP contribution is 2.43. The third-order valence-corrected chi connectivity index (χ3v) is 10.2. The van der Waals surface area contributed by atoms with Crippen molar-refractivity contribution in [1.82, 2.24) is 4.98 Å². The molecule has 304 valence electrons. The van der Waals surface area contributed by atoms with Crippen molar-refractivity contribution in [2.24, 2.45) is 0 Å². The standard InChI is InChI=1S/C49H43NO10/c1-3-33-26-28-34(29-27-33)31-39-25-16-30-50-43(39)49(55)44(59-48(54)38-23-14-7-15-24-38)42(58-47(53)37-21-12-6-13-22-37)41(57-46(52)36-19-10-5-11-20-36)40(60-49)32(2)56-45(51)35-17-8-4-9-18-35/h4-30,32,40-42,44,55H,3,31H2,1-2H3/t32-,40+,41+,42-,44+,49+/m0/s1. The van der Waals surface area contributed by atoms with Crippen molar-refractivity contribution in [2.45, 2.75) is 63.0 Å². The van der Waals surface area contributed by atoms with Gasteiger partial charge in [0.1, 0.15) is 17.9 Å². The zero-order valence-electron chi connectivity index (χ0n) is 33.0. The number of ether oxygens (including phenoxy) is 5. The van der Waals surface area contributed by atoms with Crippen LogP contribution in [0.3, 0.4) is 0 Å². The number of aryl methyl sites for hydroxylation is 1. The second-order valence-electron chi connectivity index (χ2n) is 14.3. The van der Waals surface area contributed by atoms with Crippen LogP contribution in [0, 0.1) is 0 Å². The molecule has 6 aromatic rings. The van der Waals surface area contributed by atoms with Crippen molar-refractivity contribution >= 4 is 23.9 Å². The number of pyridine rings is 1. The van der Waals surface area contributed by atoms with Crippen LogP contribution in [-0.2, 0) is 42.3 Å². The van der Waals surface area contributed by atoms with Crippen LogP contribution in [0.4, 0.5) is 0 Å². The van der Waals surface area contributed by atoms with Crippen molar-refractivity contribution < 1.29 is 48.0 Å². The number of esters is 4. The summed E-state index contributed by atoms with van der Waals surface area (Å²) in [5.74, 6) is -6.13. The predicted octanol–water partition coefficient (Wildman–Crippen LogP) is 7.70. The first-order valence-corrected chi connectivity index (χ1v) is 19.6. The molecule has 2 heterocycles. The molecule has 1 N–H and O–H groups in total. The molecule has 0 amide bonds. The molecule has 6 atom stereocenters. The molecule has 1 aromatic heterocycles. The zero-order valence-corrected chi connectivity index (χ0v) is 33.0. The van der Waals surface area contributed by atoms with Gasteiger partial charge in [0.15, 0.2) is 12.2 Å². The van der Waals surface area contributed by atoms with Gasteiger partial charge in [-0.3, -0.25) is 4.98 Å². The molecular weight excluding hydrogens is 763 g/mol. The van der Waals surface area contributed by atoms with E-state index in [-0.39, 0.29) is 34.4 Å². The van der Waals surface area contributed by atoms with Gasteiger partial charge in [-0.15, -0.1) is 0 Å². The van der Waals surface area contributed by atoms with Gasteiger partial charge in [-0.25, -0.2) is 19.2 Å². The quantitative estimate of drug-likeness (QED) is 0.0905. The maximum atomic E-state index is 14.1. The van der Waals surface area contributed by atoms with E-state index in [2.05, 4.69) is 11.9 Å². The van der Waals surface area contributed by atoms with Gasteiger partial charge < -0.3 is 28.8 Å². The molecule has 1 aliphatic rings. The van der Waals surface area contributed by atoms with E-state index in [1.54, 1.807) is 97.1 Å². The zero-order chi connectivity index (χ0) is 42.1. The molecule has 1 aliphatic heterocycles. The fourth-order valence-electron chi connectivity index (χ4n) is 7.07. The summed E-state index contributed by atoms with van der Waals surface area (Å²) in [6, 6.07) is 43.7. The molecule has 0 spiro atoms. The molecule has 11 heteroatoms. The van der Waals surface area contributed by atoms with Gasteiger partial charge in [0, 0.05) is 6.20 Å². The van der Waals surface area contributed by atoms with E-state index in [4.69, 9.17) is 23.7 Å². The highest BCUT2D eigenvalue weighted by molar-refractivity contribution is 5.91. The summed E-state index contributed by atoms with van der Waals surface area (Å²) in [7, 11) is 0. The third-order valence-electron chi connectivity index (χ3n) is 10.2. The SMILES string of the molecule is CCc1ccc(Cc2cccnc2[C@@]2(O)O[C@H]([C@H](C)OC(=O)c3ccccc3)[C@@H](OC(=O)c3ccccc3)[C@H](OC(=O)c3ccccc3)[C@H]2OC(=O)c2ccccc2)cc1. The number of aromatic nitrogens is 1. The van der Waals surface area contributed by atoms with Crippen LogP contribution >= 0.6 is 0 Å². The molecule has 0 saturated carbocycles. The summed E-state index contributed by atoms with van der Waals surface area (Å²) in [4.78, 5) is 60.4. The predicted molar refractivity (Wildman–Crippen MR) is 220 cm³/mol. The lowest BCUT2D eigenvalue weighted by Gasteiger charge is -2.50. The Morgan fingerprint density at radius 3 is 1.55 bits per heavy atom. The fraction of sp³-hybridized carbons (Fsp3) is 0.204. The van der Waals surface area contributed by atoms with Crippen LogP contribution in [0.5, 0.6) is 0 Å². The van der Waals surface area contributed by atoms with Crippen LogP contribution in [0.25, 0.3) is 0 Å². The second-order valence-corrected chi connectivity index (χ2v) is 14.3. The number of carbonyl (C=O) groups excluding carboxylic acids is 4. The van der Waals surface area contributed by atoms with Gasteiger partial charge in [0.05, 0.1) is 22.3 Å². The molecule has 0 radical (unpaired) electrons. The molecule has 60 heavy (non-hydrogen) atoms. The van der Waals surface area contributed by atoms with E-state index in [1.165, 1.54) is 49.5 Å². The van der Waals surface area contributed by atoms with Crippen LogP contribution < -0.4 is 0 Å². The minimum absolute atomic E-state index is 0.0735. The van der Waals surface area contributed by atoms with E-state index < -0.39 is 60.2 Å².